The maximum Gasteiger partial charge on any atom is 0.236 e. The van der Waals surface area contributed by atoms with Gasteiger partial charge in [0.2, 0.25) is 11.8 Å². The van der Waals surface area contributed by atoms with Crippen molar-refractivity contribution in [2.24, 2.45) is 0 Å². The van der Waals surface area contributed by atoms with E-state index in [0.29, 0.717) is 26.1 Å². The third-order valence-corrected chi connectivity index (χ3v) is 5.35. The third-order valence-electron chi connectivity index (χ3n) is 5.35. The second kappa shape index (κ2) is 8.00. The van der Waals surface area contributed by atoms with Gasteiger partial charge in [-0.15, -0.1) is 0 Å². The first kappa shape index (κ1) is 17.9. The van der Waals surface area contributed by atoms with E-state index >= 15 is 0 Å². The molecule has 0 N–H and O–H groups in total. The molecule has 136 valence electrons. The lowest BCUT2D eigenvalue weighted by molar-refractivity contribution is -0.133. The number of hydrogen-bond acceptors (Lipinski definition) is 3. The Bertz CT molecular complexity index is 634. The van der Waals surface area contributed by atoms with Crippen LogP contribution in [0.3, 0.4) is 0 Å². The minimum Gasteiger partial charge on any atom is -0.348 e. The van der Waals surface area contributed by atoms with Gasteiger partial charge in [0.15, 0.2) is 0 Å². The van der Waals surface area contributed by atoms with E-state index < -0.39 is 0 Å². The second-order valence-electron chi connectivity index (χ2n) is 7.43. The zero-order chi connectivity index (χ0) is 17.8. The van der Waals surface area contributed by atoms with Gasteiger partial charge in [0.1, 0.15) is 0 Å². The molecule has 0 radical (unpaired) electrons. The van der Waals surface area contributed by atoms with Gasteiger partial charge in [0, 0.05) is 40.3 Å². The van der Waals surface area contributed by atoms with Gasteiger partial charge in [-0.25, -0.2) is 0 Å². The molecule has 0 aromatic heterocycles. The Hall–Kier alpha value is -1.88. The van der Waals surface area contributed by atoms with Crippen LogP contribution in [-0.4, -0.2) is 73.3 Å². The quantitative estimate of drug-likeness (QED) is 0.829. The molecule has 5 nitrogen and oxygen atoms in total. The molecule has 1 fully saturated rings. The zero-order valence-corrected chi connectivity index (χ0v) is 15.5. The fourth-order valence-corrected chi connectivity index (χ4v) is 3.67. The predicted octanol–water partition coefficient (Wildman–Crippen LogP) is 1.34. The van der Waals surface area contributed by atoms with Crippen molar-refractivity contribution in [3.05, 3.63) is 34.9 Å². The van der Waals surface area contributed by atoms with E-state index in [1.165, 1.54) is 30.4 Å². The standard InChI is InChI=1S/C20H29N3O2/c1-21(2)20(25)15-22-9-11-23(12-10-22)19(24)14-16-7-8-17-5-3-4-6-18(17)13-16/h7-8,13H,3-6,9-12,14-15H2,1-2H3. The number of rotatable bonds is 4. The lowest BCUT2D eigenvalue weighted by Gasteiger charge is -2.34. The number of carbonyl (C=O) groups excluding carboxylic acids is 2. The van der Waals surface area contributed by atoms with Crippen LogP contribution in [0.25, 0.3) is 0 Å². The Morgan fingerprint density at radius 2 is 1.68 bits per heavy atom. The summed E-state index contributed by atoms with van der Waals surface area (Å²) in [5, 5.41) is 0. The molecule has 0 unspecified atom stereocenters. The molecular formula is C20H29N3O2. The Labute approximate surface area is 150 Å². The largest absolute Gasteiger partial charge is 0.348 e. The van der Waals surface area contributed by atoms with Crippen LogP contribution >= 0.6 is 0 Å². The van der Waals surface area contributed by atoms with Gasteiger partial charge in [0.25, 0.3) is 0 Å². The summed E-state index contributed by atoms with van der Waals surface area (Å²) in [6, 6.07) is 6.56. The van der Waals surface area contributed by atoms with E-state index in [2.05, 4.69) is 23.1 Å². The van der Waals surface area contributed by atoms with Crippen molar-refractivity contribution in [2.75, 3.05) is 46.8 Å². The number of carbonyl (C=O) groups is 2. The molecule has 2 amide bonds. The molecule has 5 heteroatoms. The maximum absolute atomic E-state index is 12.6. The van der Waals surface area contributed by atoms with Crippen LogP contribution in [0.15, 0.2) is 18.2 Å². The second-order valence-corrected chi connectivity index (χ2v) is 7.43. The molecule has 1 aromatic carbocycles. The lowest BCUT2D eigenvalue weighted by Crippen LogP contribution is -2.51. The van der Waals surface area contributed by atoms with Crippen LogP contribution in [0.2, 0.25) is 0 Å². The highest BCUT2D eigenvalue weighted by atomic mass is 16.2. The fourth-order valence-electron chi connectivity index (χ4n) is 3.67. The van der Waals surface area contributed by atoms with Gasteiger partial charge >= 0.3 is 0 Å². The predicted molar refractivity (Wildman–Crippen MR) is 98.5 cm³/mol. The first-order valence-corrected chi connectivity index (χ1v) is 9.34. The number of benzene rings is 1. The molecule has 1 aromatic rings. The van der Waals surface area contributed by atoms with Crippen molar-refractivity contribution in [1.29, 1.82) is 0 Å². The van der Waals surface area contributed by atoms with E-state index in [1.807, 2.05) is 4.90 Å². The summed E-state index contributed by atoms with van der Waals surface area (Å²) in [7, 11) is 3.56. The van der Waals surface area contributed by atoms with Crippen LogP contribution in [0.5, 0.6) is 0 Å². The molecule has 25 heavy (non-hydrogen) atoms. The summed E-state index contributed by atoms with van der Waals surface area (Å²) in [6.45, 7) is 3.42. The van der Waals surface area contributed by atoms with E-state index in [1.54, 1.807) is 19.0 Å². The normalized spacial score (nSPS) is 17.9. The Morgan fingerprint density at radius 1 is 1.00 bits per heavy atom. The maximum atomic E-state index is 12.6. The van der Waals surface area contributed by atoms with Gasteiger partial charge in [-0.05, 0) is 42.4 Å². The zero-order valence-electron chi connectivity index (χ0n) is 15.5. The Morgan fingerprint density at radius 3 is 2.36 bits per heavy atom. The van der Waals surface area contributed by atoms with E-state index in [0.717, 1.165) is 25.1 Å². The third kappa shape index (κ3) is 4.60. The number of fused-ring (bicyclic) bond motifs is 1. The summed E-state index contributed by atoms with van der Waals surface area (Å²) < 4.78 is 0. The lowest BCUT2D eigenvalue weighted by atomic mass is 9.90. The minimum atomic E-state index is 0.119. The molecule has 1 aliphatic heterocycles. The van der Waals surface area contributed by atoms with E-state index in [4.69, 9.17) is 0 Å². The van der Waals surface area contributed by atoms with Crippen molar-refractivity contribution in [3.63, 3.8) is 0 Å². The number of piperazine rings is 1. The fraction of sp³-hybridized carbons (Fsp3) is 0.600. The smallest absolute Gasteiger partial charge is 0.236 e. The van der Waals surface area contributed by atoms with Gasteiger partial charge < -0.3 is 9.80 Å². The number of amides is 2. The molecule has 0 saturated carbocycles. The Kier molecular flexibility index (Phi) is 5.74. The monoisotopic (exact) mass is 343 g/mol. The van der Waals surface area contributed by atoms with Crippen LogP contribution < -0.4 is 0 Å². The van der Waals surface area contributed by atoms with Crippen molar-refractivity contribution in [2.45, 2.75) is 32.1 Å². The SMILES string of the molecule is CN(C)C(=O)CN1CCN(C(=O)Cc2ccc3c(c2)CCCC3)CC1. The van der Waals surface area contributed by atoms with Gasteiger partial charge in [-0.2, -0.15) is 0 Å². The molecule has 0 bridgehead atoms. The van der Waals surface area contributed by atoms with Gasteiger partial charge in [-0.1, -0.05) is 18.2 Å². The number of aryl methyl sites for hydroxylation is 2. The average Bonchev–Trinajstić information content (AvgIpc) is 2.62. The molecular weight excluding hydrogens is 314 g/mol. The van der Waals surface area contributed by atoms with Crippen molar-refractivity contribution < 1.29 is 9.59 Å². The summed E-state index contributed by atoms with van der Waals surface area (Å²) in [5.41, 5.74) is 4.03. The molecule has 0 atom stereocenters. The summed E-state index contributed by atoms with van der Waals surface area (Å²) in [6.07, 6.45) is 5.36. The van der Waals surface area contributed by atoms with E-state index in [-0.39, 0.29) is 11.8 Å². The Balaban J connectivity index is 1.50. The number of likely N-dealkylation sites (N-methyl/N-ethyl adjacent to an activating group) is 1. The highest BCUT2D eigenvalue weighted by Crippen LogP contribution is 2.22. The summed E-state index contributed by atoms with van der Waals surface area (Å²) in [5.74, 6) is 0.322. The minimum absolute atomic E-state index is 0.119. The van der Waals surface area contributed by atoms with E-state index in [9.17, 15) is 9.59 Å². The molecule has 0 spiro atoms. The van der Waals surface area contributed by atoms with Crippen molar-refractivity contribution >= 4 is 11.8 Å². The molecule has 1 aliphatic carbocycles. The average molecular weight is 343 g/mol. The van der Waals surface area contributed by atoms with Gasteiger partial charge in [-0.3, -0.25) is 14.5 Å². The van der Waals surface area contributed by atoms with Crippen LogP contribution in [-0.2, 0) is 28.9 Å². The molecule has 2 aliphatic rings. The molecule has 1 saturated heterocycles. The van der Waals surface area contributed by atoms with Gasteiger partial charge in [0.05, 0.1) is 13.0 Å². The first-order chi connectivity index (χ1) is 12.0. The summed E-state index contributed by atoms with van der Waals surface area (Å²) in [4.78, 5) is 30.1. The topological polar surface area (TPSA) is 43.9 Å². The van der Waals surface area contributed by atoms with Crippen LogP contribution in [0.4, 0.5) is 0 Å². The highest BCUT2D eigenvalue weighted by Gasteiger charge is 2.23. The van der Waals surface area contributed by atoms with Crippen molar-refractivity contribution in [3.8, 4) is 0 Å². The molecule has 3 rings (SSSR count). The van der Waals surface area contributed by atoms with Crippen molar-refractivity contribution in [1.82, 2.24) is 14.7 Å². The van der Waals surface area contributed by atoms with Crippen LogP contribution in [0.1, 0.15) is 29.5 Å². The molecule has 1 heterocycles. The van der Waals surface area contributed by atoms with Crippen LogP contribution in [0, 0.1) is 0 Å². The number of hydrogen-bond donors (Lipinski definition) is 0. The highest BCUT2D eigenvalue weighted by molar-refractivity contribution is 5.79. The number of nitrogens with zero attached hydrogens (tertiary/aromatic N) is 3. The first-order valence-electron chi connectivity index (χ1n) is 9.34. The summed E-state index contributed by atoms with van der Waals surface area (Å²) >= 11 is 0.